The van der Waals surface area contributed by atoms with E-state index in [1.807, 2.05) is 38.1 Å². The van der Waals surface area contributed by atoms with Crippen molar-refractivity contribution in [1.29, 1.82) is 0 Å². The van der Waals surface area contributed by atoms with Crippen LogP contribution in [0.1, 0.15) is 39.2 Å². The molecule has 0 bridgehead atoms. The van der Waals surface area contributed by atoms with Crippen molar-refractivity contribution >= 4 is 28.6 Å². The van der Waals surface area contributed by atoms with Crippen molar-refractivity contribution in [2.24, 2.45) is 0 Å². The van der Waals surface area contributed by atoms with Crippen LogP contribution in [0.15, 0.2) is 34.2 Å². The van der Waals surface area contributed by atoms with Crippen LogP contribution in [0.4, 0.5) is 0 Å². The van der Waals surface area contributed by atoms with Gasteiger partial charge in [-0.3, -0.25) is 14.2 Å². The molecule has 2 aromatic rings. The third-order valence-corrected chi connectivity index (χ3v) is 5.07. The first-order valence-corrected chi connectivity index (χ1v) is 10.1. The average molecular weight is 375 g/mol. The molecule has 140 valence electrons. The van der Waals surface area contributed by atoms with Gasteiger partial charge in [-0.2, -0.15) is 0 Å². The van der Waals surface area contributed by atoms with Gasteiger partial charge in [0.15, 0.2) is 5.16 Å². The second-order valence-electron chi connectivity index (χ2n) is 6.73. The van der Waals surface area contributed by atoms with E-state index >= 15 is 0 Å². The Balaban J connectivity index is 1.61. The highest BCUT2D eigenvalue weighted by Crippen LogP contribution is 2.36. The Morgan fingerprint density at radius 2 is 2.15 bits per heavy atom. The molecule has 0 aliphatic heterocycles. The SMILES string of the molecule is CC(C)OCCCNC(=O)CSc1nc2ccccc2c(=O)n1C1CC1. The first kappa shape index (κ1) is 18.9. The van der Waals surface area contributed by atoms with Crippen LogP contribution in [0.25, 0.3) is 10.9 Å². The molecule has 0 saturated heterocycles. The largest absolute Gasteiger partial charge is 0.379 e. The van der Waals surface area contributed by atoms with E-state index < -0.39 is 0 Å². The summed E-state index contributed by atoms with van der Waals surface area (Å²) in [6, 6.07) is 7.59. The molecule has 6 nitrogen and oxygen atoms in total. The van der Waals surface area contributed by atoms with Crippen molar-refractivity contribution in [3.05, 3.63) is 34.6 Å². The highest BCUT2D eigenvalue weighted by Gasteiger charge is 2.28. The molecule has 1 heterocycles. The fourth-order valence-corrected chi connectivity index (χ4v) is 3.58. The molecule has 1 fully saturated rings. The number of fused-ring (bicyclic) bond motifs is 1. The summed E-state index contributed by atoms with van der Waals surface area (Å²) in [6.45, 7) is 5.21. The number of amides is 1. The highest BCUT2D eigenvalue weighted by molar-refractivity contribution is 7.99. The smallest absolute Gasteiger partial charge is 0.262 e. The molecule has 1 aromatic carbocycles. The predicted octanol–water partition coefficient (Wildman–Crippen LogP) is 2.75. The molecule has 0 atom stereocenters. The molecular weight excluding hydrogens is 350 g/mol. The van der Waals surface area contributed by atoms with Gasteiger partial charge in [-0.15, -0.1) is 0 Å². The van der Waals surface area contributed by atoms with Crippen molar-refractivity contribution in [3.63, 3.8) is 0 Å². The van der Waals surface area contributed by atoms with E-state index in [4.69, 9.17) is 4.74 Å². The first-order chi connectivity index (χ1) is 12.6. The number of ether oxygens (including phenoxy) is 1. The lowest BCUT2D eigenvalue weighted by Gasteiger charge is -2.12. The molecule has 1 amide bonds. The molecule has 1 aliphatic rings. The number of nitrogens with zero attached hydrogens (tertiary/aromatic N) is 2. The number of rotatable bonds is 9. The fourth-order valence-electron chi connectivity index (χ4n) is 2.68. The van der Waals surface area contributed by atoms with Crippen molar-refractivity contribution in [2.45, 2.75) is 50.4 Å². The number of benzene rings is 1. The number of carbonyl (C=O) groups is 1. The van der Waals surface area contributed by atoms with E-state index in [-0.39, 0.29) is 29.4 Å². The Kier molecular flexibility index (Phi) is 6.32. The van der Waals surface area contributed by atoms with Gasteiger partial charge in [0.05, 0.1) is 22.8 Å². The third kappa shape index (κ3) is 4.86. The molecular formula is C19H25N3O3S. The lowest BCUT2D eigenvalue weighted by Crippen LogP contribution is -2.28. The van der Waals surface area contributed by atoms with E-state index in [9.17, 15) is 9.59 Å². The van der Waals surface area contributed by atoms with Crippen molar-refractivity contribution < 1.29 is 9.53 Å². The number of para-hydroxylation sites is 1. The fraction of sp³-hybridized carbons (Fsp3) is 0.526. The van der Waals surface area contributed by atoms with Gasteiger partial charge in [-0.1, -0.05) is 23.9 Å². The zero-order valence-electron chi connectivity index (χ0n) is 15.2. The van der Waals surface area contributed by atoms with Gasteiger partial charge < -0.3 is 10.1 Å². The third-order valence-electron chi connectivity index (χ3n) is 4.11. The second-order valence-corrected chi connectivity index (χ2v) is 7.67. The molecule has 0 radical (unpaired) electrons. The van der Waals surface area contributed by atoms with Gasteiger partial charge in [-0.25, -0.2) is 4.98 Å². The van der Waals surface area contributed by atoms with E-state index in [0.29, 0.717) is 29.2 Å². The lowest BCUT2D eigenvalue weighted by molar-refractivity contribution is -0.118. The van der Waals surface area contributed by atoms with Gasteiger partial charge in [0, 0.05) is 19.2 Å². The van der Waals surface area contributed by atoms with Gasteiger partial charge in [0.25, 0.3) is 5.56 Å². The minimum Gasteiger partial charge on any atom is -0.379 e. The molecule has 1 aliphatic carbocycles. The van der Waals surface area contributed by atoms with Gasteiger partial charge in [-0.05, 0) is 45.2 Å². The molecule has 0 spiro atoms. The Morgan fingerprint density at radius 1 is 1.38 bits per heavy atom. The van der Waals surface area contributed by atoms with Crippen LogP contribution in [0.3, 0.4) is 0 Å². The minimum absolute atomic E-state index is 0.00755. The van der Waals surface area contributed by atoms with Crippen LogP contribution in [-0.4, -0.2) is 40.5 Å². The summed E-state index contributed by atoms with van der Waals surface area (Å²) in [6.07, 6.45) is 2.99. The summed E-state index contributed by atoms with van der Waals surface area (Å²) in [5, 5.41) is 4.16. The number of carbonyl (C=O) groups excluding carboxylic acids is 1. The second kappa shape index (κ2) is 8.68. The Bertz CT molecular complexity index is 830. The number of nitrogens with one attached hydrogen (secondary N) is 1. The standard InChI is InChI=1S/C19H25N3O3S/c1-13(2)25-11-5-10-20-17(23)12-26-19-21-16-7-4-3-6-15(16)18(24)22(19)14-8-9-14/h3-4,6-7,13-14H,5,8-12H2,1-2H3,(H,20,23). The average Bonchev–Trinajstić information content (AvgIpc) is 3.44. The summed E-state index contributed by atoms with van der Waals surface area (Å²) >= 11 is 1.33. The van der Waals surface area contributed by atoms with Crippen molar-refractivity contribution in [3.8, 4) is 0 Å². The molecule has 7 heteroatoms. The maximum absolute atomic E-state index is 12.8. The summed E-state index contributed by atoms with van der Waals surface area (Å²) in [7, 11) is 0. The summed E-state index contributed by atoms with van der Waals surface area (Å²) in [5.41, 5.74) is 0.676. The van der Waals surface area contributed by atoms with Crippen LogP contribution < -0.4 is 10.9 Å². The Hall–Kier alpha value is -1.86. The molecule has 0 unspecified atom stereocenters. The molecule has 1 aromatic heterocycles. The van der Waals surface area contributed by atoms with E-state index in [2.05, 4.69) is 10.3 Å². The topological polar surface area (TPSA) is 73.2 Å². The maximum Gasteiger partial charge on any atom is 0.262 e. The molecule has 26 heavy (non-hydrogen) atoms. The van der Waals surface area contributed by atoms with Crippen LogP contribution in [0.5, 0.6) is 0 Å². The normalized spacial score (nSPS) is 14.1. The van der Waals surface area contributed by atoms with Crippen LogP contribution in [-0.2, 0) is 9.53 Å². The van der Waals surface area contributed by atoms with E-state index in [1.54, 1.807) is 4.57 Å². The summed E-state index contributed by atoms with van der Waals surface area (Å²) in [4.78, 5) is 29.5. The monoisotopic (exact) mass is 375 g/mol. The van der Waals surface area contributed by atoms with E-state index in [0.717, 1.165) is 19.3 Å². The molecule has 3 rings (SSSR count). The number of thioether (sulfide) groups is 1. The minimum atomic E-state index is -0.0516. The van der Waals surface area contributed by atoms with Gasteiger partial charge >= 0.3 is 0 Å². The summed E-state index contributed by atoms with van der Waals surface area (Å²) < 4.78 is 7.21. The molecule has 1 N–H and O–H groups in total. The first-order valence-electron chi connectivity index (χ1n) is 9.08. The van der Waals surface area contributed by atoms with Crippen LogP contribution >= 0.6 is 11.8 Å². The molecule has 1 saturated carbocycles. The van der Waals surface area contributed by atoms with Crippen LogP contribution in [0, 0.1) is 0 Å². The van der Waals surface area contributed by atoms with Crippen LogP contribution in [0.2, 0.25) is 0 Å². The highest BCUT2D eigenvalue weighted by atomic mass is 32.2. The summed E-state index contributed by atoms with van der Waals surface area (Å²) in [5.74, 6) is 0.201. The van der Waals surface area contributed by atoms with Crippen molar-refractivity contribution in [2.75, 3.05) is 18.9 Å². The van der Waals surface area contributed by atoms with E-state index in [1.165, 1.54) is 11.8 Å². The van der Waals surface area contributed by atoms with Crippen molar-refractivity contribution in [1.82, 2.24) is 14.9 Å². The van der Waals surface area contributed by atoms with Gasteiger partial charge in [0.1, 0.15) is 0 Å². The quantitative estimate of drug-likeness (QED) is 0.414. The zero-order chi connectivity index (χ0) is 18.5. The van der Waals surface area contributed by atoms with Gasteiger partial charge in [0.2, 0.25) is 5.91 Å². The maximum atomic E-state index is 12.8. The Morgan fingerprint density at radius 3 is 2.88 bits per heavy atom. The number of hydrogen-bond acceptors (Lipinski definition) is 5. The Labute approximate surface area is 157 Å². The zero-order valence-corrected chi connectivity index (χ0v) is 16.1. The number of hydrogen-bond donors (Lipinski definition) is 1. The predicted molar refractivity (Wildman–Crippen MR) is 104 cm³/mol. The number of aromatic nitrogens is 2. The lowest BCUT2D eigenvalue weighted by atomic mass is 10.2.